The first-order chi connectivity index (χ1) is 18.1. The number of nitrogens with one attached hydrogen (secondary N) is 4. The lowest BCUT2D eigenvalue weighted by atomic mass is 10.2. The minimum absolute atomic E-state index is 0.0536. The van der Waals surface area contributed by atoms with Crippen LogP contribution in [0.5, 0.6) is 0 Å². The molecule has 2 heterocycles. The summed E-state index contributed by atoms with van der Waals surface area (Å²) < 4.78 is 24.3. The molecule has 0 fully saturated rings. The van der Waals surface area contributed by atoms with Crippen LogP contribution in [0.2, 0.25) is 0 Å². The number of rotatable bonds is 10. The van der Waals surface area contributed by atoms with E-state index in [-0.39, 0.29) is 5.56 Å². The van der Waals surface area contributed by atoms with Gasteiger partial charge in [0, 0.05) is 60.3 Å². The van der Waals surface area contributed by atoms with E-state index in [1.807, 2.05) is 0 Å². The summed E-state index contributed by atoms with van der Waals surface area (Å²) >= 11 is 3.43. The van der Waals surface area contributed by atoms with Gasteiger partial charge in [-0.25, -0.2) is 18.4 Å². The second-order valence-electron chi connectivity index (χ2n) is 8.01. The molecule has 38 heavy (non-hydrogen) atoms. The van der Waals surface area contributed by atoms with E-state index in [9.17, 15) is 23.3 Å². The summed E-state index contributed by atoms with van der Waals surface area (Å²) in [6, 6.07) is 9.86. The summed E-state index contributed by atoms with van der Waals surface area (Å²) in [4.78, 5) is 38.4. The maximum Gasteiger partial charge on any atom is 0.288 e. The zero-order valence-electron chi connectivity index (χ0n) is 19.8. The second kappa shape index (κ2) is 11.4. The molecule has 0 saturated heterocycles. The van der Waals surface area contributed by atoms with Crippen molar-refractivity contribution in [2.75, 3.05) is 28.8 Å². The number of hydrogen-bond acceptors (Lipinski definition) is 10. The number of H-pyrrole nitrogens is 1. The summed E-state index contributed by atoms with van der Waals surface area (Å²) in [5.41, 5.74) is 1.36. The molecule has 2 aromatic heterocycles. The van der Waals surface area contributed by atoms with E-state index >= 15 is 0 Å². The molecule has 0 aliphatic rings. The molecule has 4 N–H and O–H groups in total. The molecule has 4 aromatic rings. The van der Waals surface area contributed by atoms with Crippen molar-refractivity contribution in [3.8, 4) is 0 Å². The highest BCUT2D eigenvalue weighted by Crippen LogP contribution is 2.26. The fraction of sp³-hybridized carbons (Fsp3) is 0.130. The van der Waals surface area contributed by atoms with Crippen LogP contribution in [-0.4, -0.2) is 52.0 Å². The first-order valence-electron chi connectivity index (χ1n) is 11.0. The third-order valence-electron chi connectivity index (χ3n) is 5.20. The highest BCUT2D eigenvalue weighted by Gasteiger charge is 2.24. The van der Waals surface area contributed by atoms with Crippen molar-refractivity contribution in [1.29, 1.82) is 0 Å². The lowest BCUT2D eigenvalue weighted by Crippen LogP contribution is -2.13. The summed E-state index contributed by atoms with van der Waals surface area (Å²) in [5, 5.41) is 20.3. The number of carbonyl (C=O) groups is 1. The van der Waals surface area contributed by atoms with Crippen molar-refractivity contribution in [2.24, 2.45) is 0 Å². The third-order valence-corrected chi connectivity index (χ3v) is 6.93. The van der Waals surface area contributed by atoms with Crippen LogP contribution in [-0.2, 0) is 16.3 Å². The normalized spacial score (nSPS) is 11.1. The molecule has 4 rings (SSSR count). The molecule has 2 aromatic carbocycles. The van der Waals surface area contributed by atoms with Crippen LogP contribution in [0.1, 0.15) is 16.1 Å². The number of aromatic amines is 1. The molecule has 15 heteroatoms. The number of halogens is 1. The van der Waals surface area contributed by atoms with Gasteiger partial charge in [0.25, 0.3) is 11.6 Å². The molecule has 0 bridgehead atoms. The zero-order valence-corrected chi connectivity index (χ0v) is 22.2. The summed E-state index contributed by atoms with van der Waals surface area (Å²) in [7, 11) is -3.83. The van der Waals surface area contributed by atoms with Crippen molar-refractivity contribution >= 4 is 60.5 Å². The van der Waals surface area contributed by atoms with Crippen LogP contribution >= 0.6 is 15.9 Å². The average Bonchev–Trinajstić information content (AvgIpc) is 3.40. The van der Waals surface area contributed by atoms with E-state index in [0.717, 1.165) is 30.5 Å². The van der Waals surface area contributed by atoms with E-state index in [1.165, 1.54) is 6.07 Å². The molecule has 1 amide bonds. The summed E-state index contributed by atoms with van der Waals surface area (Å²) in [6.07, 6.45) is 6.61. The Balaban J connectivity index is 1.40. The highest BCUT2D eigenvalue weighted by atomic mass is 79.9. The number of sulfone groups is 1. The molecule has 0 aliphatic carbocycles. The predicted octanol–water partition coefficient (Wildman–Crippen LogP) is 3.92. The summed E-state index contributed by atoms with van der Waals surface area (Å²) in [5.74, 6) is 0.338. The molecular weight excluding hydrogens is 580 g/mol. The number of carbonyl (C=O) groups excluding carboxylic acids is 1. The molecule has 0 radical (unpaired) electrons. The number of nitro groups is 1. The minimum Gasteiger partial charge on any atom is -0.369 e. The Labute approximate surface area is 225 Å². The van der Waals surface area contributed by atoms with Gasteiger partial charge < -0.3 is 20.9 Å². The van der Waals surface area contributed by atoms with E-state index in [2.05, 4.69) is 51.8 Å². The molecule has 0 aliphatic heterocycles. The lowest BCUT2D eigenvalue weighted by molar-refractivity contribution is -0.387. The van der Waals surface area contributed by atoms with Crippen LogP contribution in [0.3, 0.4) is 0 Å². The molecule has 0 saturated carbocycles. The van der Waals surface area contributed by atoms with Gasteiger partial charge in [0.15, 0.2) is 9.84 Å². The van der Waals surface area contributed by atoms with Crippen LogP contribution < -0.4 is 16.0 Å². The Morgan fingerprint density at radius 1 is 1.13 bits per heavy atom. The van der Waals surface area contributed by atoms with Crippen molar-refractivity contribution in [2.45, 2.75) is 11.3 Å². The Bertz CT molecular complexity index is 1580. The van der Waals surface area contributed by atoms with E-state index in [4.69, 9.17) is 0 Å². The van der Waals surface area contributed by atoms with Crippen LogP contribution in [0.25, 0.3) is 0 Å². The summed E-state index contributed by atoms with van der Waals surface area (Å²) in [6.45, 7) is 0.631. The quantitative estimate of drug-likeness (QED) is 0.153. The second-order valence-corrected chi connectivity index (χ2v) is 10.9. The first kappa shape index (κ1) is 26.7. The van der Waals surface area contributed by atoms with E-state index in [1.54, 1.807) is 43.0 Å². The molecular formula is C23H21BrN8O5S. The number of anilines is 4. The molecule has 0 spiro atoms. The zero-order chi connectivity index (χ0) is 27.3. The van der Waals surface area contributed by atoms with Crippen LogP contribution in [0.15, 0.2) is 70.6 Å². The number of nitrogens with zero attached hydrogens (tertiary/aromatic N) is 4. The SMILES string of the molecule is CS(=O)(=O)c1ccc(C(=O)Nc2ccc(Nc3ncc(Br)c(NCCc4cnc[nH]4)n3)cc2)cc1[N+](=O)[O-]. The maximum absolute atomic E-state index is 12.6. The van der Waals surface area contributed by atoms with Crippen molar-refractivity contribution < 1.29 is 18.1 Å². The fourth-order valence-electron chi connectivity index (χ4n) is 3.37. The first-order valence-corrected chi connectivity index (χ1v) is 13.7. The number of hydrogen-bond donors (Lipinski definition) is 4. The number of amides is 1. The van der Waals surface area contributed by atoms with E-state index in [0.29, 0.717) is 34.2 Å². The topological polar surface area (TPSA) is 185 Å². The van der Waals surface area contributed by atoms with Gasteiger partial charge in [-0.3, -0.25) is 14.9 Å². The van der Waals surface area contributed by atoms with E-state index < -0.39 is 31.3 Å². The smallest absolute Gasteiger partial charge is 0.288 e. The average molecular weight is 601 g/mol. The highest BCUT2D eigenvalue weighted by molar-refractivity contribution is 9.10. The Hall–Kier alpha value is -4.37. The Morgan fingerprint density at radius 3 is 2.53 bits per heavy atom. The number of benzene rings is 2. The predicted molar refractivity (Wildman–Crippen MR) is 144 cm³/mol. The third kappa shape index (κ3) is 6.68. The number of imidazole rings is 1. The van der Waals surface area contributed by atoms with Crippen molar-refractivity contribution in [3.63, 3.8) is 0 Å². The van der Waals surface area contributed by atoms with Gasteiger partial charge in [0.1, 0.15) is 10.7 Å². The van der Waals surface area contributed by atoms with Gasteiger partial charge in [-0.15, -0.1) is 0 Å². The maximum atomic E-state index is 12.6. The molecule has 0 unspecified atom stereocenters. The van der Waals surface area contributed by atoms with Crippen LogP contribution in [0.4, 0.5) is 28.8 Å². The molecule has 13 nitrogen and oxygen atoms in total. The van der Waals surface area contributed by atoms with Gasteiger partial charge in [-0.05, 0) is 52.3 Å². The molecule has 0 atom stereocenters. The van der Waals surface area contributed by atoms with Gasteiger partial charge in [-0.1, -0.05) is 0 Å². The van der Waals surface area contributed by atoms with Gasteiger partial charge >= 0.3 is 0 Å². The van der Waals surface area contributed by atoms with Gasteiger partial charge in [0.2, 0.25) is 5.95 Å². The fourth-order valence-corrected chi connectivity index (χ4v) is 4.53. The lowest BCUT2D eigenvalue weighted by Gasteiger charge is -2.11. The number of aromatic nitrogens is 4. The van der Waals surface area contributed by atoms with Gasteiger partial charge in [-0.2, -0.15) is 4.98 Å². The van der Waals surface area contributed by atoms with Crippen molar-refractivity contribution in [3.05, 3.63) is 87.0 Å². The minimum atomic E-state index is -3.83. The standard InChI is InChI=1S/C23H21BrN8O5S/c1-38(36,37)20-7-2-14(10-19(20)32(34)35)22(33)29-15-3-5-16(6-4-15)30-23-27-12-18(24)21(31-23)26-9-8-17-11-25-13-28-17/h2-7,10-13H,8-9H2,1H3,(H,25,28)(H,29,33)(H2,26,27,30,31). The Kier molecular flexibility index (Phi) is 7.97. The number of nitro benzene ring substituents is 1. The van der Waals surface area contributed by atoms with Gasteiger partial charge in [0.05, 0.1) is 15.7 Å². The van der Waals surface area contributed by atoms with Crippen LogP contribution in [0, 0.1) is 10.1 Å². The largest absolute Gasteiger partial charge is 0.369 e. The molecule has 196 valence electrons. The Morgan fingerprint density at radius 2 is 1.87 bits per heavy atom. The van der Waals surface area contributed by atoms with Crippen molar-refractivity contribution in [1.82, 2.24) is 19.9 Å². The monoisotopic (exact) mass is 600 g/mol.